The first-order valence-corrected chi connectivity index (χ1v) is 11.6. The van der Waals surface area contributed by atoms with Crippen LogP contribution in [0.5, 0.6) is 5.75 Å². The van der Waals surface area contributed by atoms with Gasteiger partial charge in [0.05, 0.1) is 6.61 Å². The lowest BCUT2D eigenvalue weighted by Crippen LogP contribution is -2.37. The van der Waals surface area contributed by atoms with Crippen LogP contribution in [0.1, 0.15) is 40.0 Å². The Labute approximate surface area is 210 Å². The van der Waals surface area contributed by atoms with Crippen molar-refractivity contribution in [1.29, 1.82) is 0 Å². The predicted molar refractivity (Wildman–Crippen MR) is 130 cm³/mol. The summed E-state index contributed by atoms with van der Waals surface area (Å²) in [5, 5.41) is 11.1. The minimum Gasteiger partial charge on any atom is -0.494 e. The number of hydrogen-bond acceptors (Lipinski definition) is 9. The van der Waals surface area contributed by atoms with Gasteiger partial charge < -0.3 is 24.1 Å². The largest absolute Gasteiger partial charge is 0.494 e. The first-order valence-electron chi connectivity index (χ1n) is 11.6. The van der Waals surface area contributed by atoms with Crippen LogP contribution in [-0.4, -0.2) is 59.8 Å². The number of aliphatic hydroxyl groups is 1. The maximum Gasteiger partial charge on any atom is 0.303 e. The Kier molecular flexibility index (Phi) is 11.1. The number of ether oxygens (including phenoxy) is 4. The van der Waals surface area contributed by atoms with Gasteiger partial charge in [-0.2, -0.15) is 0 Å². The molecular weight excluding hydrogens is 468 g/mol. The Morgan fingerprint density at radius 3 is 2.33 bits per heavy atom. The van der Waals surface area contributed by atoms with E-state index in [1.54, 1.807) is 0 Å². The van der Waals surface area contributed by atoms with E-state index in [0.29, 0.717) is 25.9 Å². The number of allylic oxidation sites excluding steroid dienone is 3. The second kappa shape index (κ2) is 14.0. The molecule has 1 aromatic rings. The van der Waals surface area contributed by atoms with E-state index in [9.17, 15) is 24.3 Å². The van der Waals surface area contributed by atoms with Crippen LogP contribution in [0.15, 0.2) is 66.3 Å². The predicted octanol–water partition coefficient (Wildman–Crippen LogP) is 3.01. The van der Waals surface area contributed by atoms with Gasteiger partial charge in [0.1, 0.15) is 18.0 Å². The van der Waals surface area contributed by atoms with Gasteiger partial charge in [-0.1, -0.05) is 30.4 Å². The van der Waals surface area contributed by atoms with Crippen LogP contribution < -0.4 is 4.74 Å². The highest BCUT2D eigenvalue weighted by atomic mass is 16.6. The van der Waals surface area contributed by atoms with Crippen molar-refractivity contribution in [3.63, 3.8) is 0 Å². The summed E-state index contributed by atoms with van der Waals surface area (Å²) in [7, 11) is 0. The van der Waals surface area contributed by atoms with Crippen LogP contribution in [-0.2, 0) is 33.4 Å². The molecule has 0 saturated heterocycles. The van der Waals surface area contributed by atoms with E-state index < -0.39 is 35.7 Å². The lowest BCUT2D eigenvalue weighted by Gasteiger charge is -2.24. The fraction of sp³-hybridized carbons (Fsp3) is 0.407. The van der Waals surface area contributed by atoms with E-state index in [1.807, 2.05) is 30.3 Å². The average Bonchev–Trinajstić information content (AvgIpc) is 3.09. The zero-order valence-electron chi connectivity index (χ0n) is 20.7. The van der Waals surface area contributed by atoms with Gasteiger partial charge >= 0.3 is 17.9 Å². The van der Waals surface area contributed by atoms with Crippen molar-refractivity contribution in [2.75, 3.05) is 13.2 Å². The Hall–Kier alpha value is -3.72. The van der Waals surface area contributed by atoms with E-state index in [2.05, 4.69) is 0 Å². The topological polar surface area (TPSA) is 125 Å². The van der Waals surface area contributed by atoms with E-state index in [4.69, 9.17) is 18.9 Å². The molecule has 9 nitrogen and oxygen atoms in total. The van der Waals surface area contributed by atoms with E-state index >= 15 is 0 Å². The van der Waals surface area contributed by atoms with Crippen molar-refractivity contribution < 1.29 is 43.2 Å². The summed E-state index contributed by atoms with van der Waals surface area (Å²) in [6.45, 7) is 3.69. The van der Waals surface area contributed by atoms with Crippen molar-refractivity contribution in [1.82, 2.24) is 0 Å². The molecule has 0 fully saturated rings. The summed E-state index contributed by atoms with van der Waals surface area (Å²) in [5.74, 6) is -1.48. The Morgan fingerprint density at radius 2 is 1.69 bits per heavy atom. The molecule has 1 aromatic carbocycles. The van der Waals surface area contributed by atoms with Crippen molar-refractivity contribution in [2.24, 2.45) is 0 Å². The normalized spacial score (nSPS) is 19.8. The molecule has 1 N–H and O–H groups in total. The molecule has 0 spiro atoms. The van der Waals surface area contributed by atoms with E-state index in [1.165, 1.54) is 51.2 Å². The van der Waals surface area contributed by atoms with Crippen LogP contribution >= 0.6 is 0 Å². The number of esters is 3. The molecule has 1 unspecified atom stereocenters. The van der Waals surface area contributed by atoms with Gasteiger partial charge in [-0.05, 0) is 49.6 Å². The van der Waals surface area contributed by atoms with Crippen molar-refractivity contribution in [2.45, 2.75) is 57.8 Å². The lowest BCUT2D eigenvalue weighted by molar-refractivity contribution is -0.169. The van der Waals surface area contributed by atoms with Gasteiger partial charge in [-0.3, -0.25) is 19.2 Å². The number of hydrogen-bond donors (Lipinski definition) is 1. The standard InChI is InChI=1S/C27H32O9/c1-19(28)34-18-26(36-21(3)30)25(35-20(2)29)13-9-12-23-24(31)14-16-27(23,32)15-7-8-17-33-22-10-5-4-6-11-22/h4-6,9-14,16,25-26,32H,7-8,15,17-18H2,1-3H3/b13-9+,23-12+/t25-,26+,27?/m0/s1. The van der Waals surface area contributed by atoms with E-state index in [-0.39, 0.29) is 18.0 Å². The first kappa shape index (κ1) is 28.5. The molecule has 3 atom stereocenters. The van der Waals surface area contributed by atoms with Crippen LogP contribution in [0, 0.1) is 0 Å². The van der Waals surface area contributed by atoms with Gasteiger partial charge in [0.25, 0.3) is 0 Å². The third-order valence-corrected chi connectivity index (χ3v) is 5.21. The summed E-state index contributed by atoms with van der Waals surface area (Å²) >= 11 is 0. The molecule has 0 radical (unpaired) electrons. The molecule has 9 heteroatoms. The Morgan fingerprint density at radius 1 is 1.00 bits per heavy atom. The Balaban J connectivity index is 2.05. The molecule has 2 rings (SSSR count). The quantitative estimate of drug-likeness (QED) is 0.188. The highest BCUT2D eigenvalue weighted by Crippen LogP contribution is 2.31. The van der Waals surface area contributed by atoms with E-state index in [0.717, 1.165) is 5.75 Å². The van der Waals surface area contributed by atoms with Crippen LogP contribution in [0.25, 0.3) is 0 Å². The highest BCUT2D eigenvalue weighted by Gasteiger charge is 2.36. The molecule has 0 aliphatic heterocycles. The van der Waals surface area contributed by atoms with Crippen LogP contribution in [0.4, 0.5) is 0 Å². The number of para-hydroxylation sites is 1. The van der Waals surface area contributed by atoms with Crippen molar-refractivity contribution >= 4 is 23.7 Å². The zero-order chi connectivity index (χ0) is 26.6. The molecule has 1 aliphatic rings. The van der Waals surface area contributed by atoms with Crippen LogP contribution in [0.3, 0.4) is 0 Å². The second-order valence-corrected chi connectivity index (χ2v) is 8.23. The lowest BCUT2D eigenvalue weighted by atomic mass is 9.90. The molecule has 36 heavy (non-hydrogen) atoms. The number of carbonyl (C=O) groups excluding carboxylic acids is 4. The maximum atomic E-state index is 12.4. The number of unbranched alkanes of at least 4 members (excludes halogenated alkanes) is 1. The third kappa shape index (κ3) is 9.50. The van der Waals surface area contributed by atoms with Crippen molar-refractivity contribution in [3.8, 4) is 5.75 Å². The molecule has 194 valence electrons. The number of ketones is 1. The zero-order valence-corrected chi connectivity index (χ0v) is 20.7. The second-order valence-electron chi connectivity index (χ2n) is 8.23. The highest BCUT2D eigenvalue weighted by molar-refractivity contribution is 6.09. The van der Waals surface area contributed by atoms with Gasteiger partial charge in [0, 0.05) is 26.3 Å². The SMILES string of the molecule is CC(=O)OC[C@@H](OC(C)=O)[C@H](/C=C/C=C1\C(=O)C=CC1(O)CCCCOc1ccccc1)OC(C)=O. The van der Waals surface area contributed by atoms with Gasteiger partial charge in [0.2, 0.25) is 0 Å². The summed E-state index contributed by atoms with van der Waals surface area (Å²) in [6, 6.07) is 9.39. The number of carbonyl (C=O) groups is 4. The molecular formula is C27H32O9. The fourth-order valence-electron chi connectivity index (χ4n) is 3.55. The van der Waals surface area contributed by atoms with Crippen molar-refractivity contribution in [3.05, 3.63) is 66.3 Å². The number of rotatable bonds is 13. The average molecular weight is 501 g/mol. The molecule has 0 saturated carbocycles. The first-order chi connectivity index (χ1) is 17.1. The summed E-state index contributed by atoms with van der Waals surface area (Å²) in [5.41, 5.74) is -1.29. The molecule has 0 bridgehead atoms. The fourth-order valence-corrected chi connectivity index (χ4v) is 3.55. The summed E-state index contributed by atoms with van der Waals surface area (Å²) in [4.78, 5) is 46.7. The van der Waals surface area contributed by atoms with Gasteiger partial charge in [-0.15, -0.1) is 0 Å². The Bertz CT molecular complexity index is 1010. The molecule has 1 aliphatic carbocycles. The molecule has 0 heterocycles. The summed E-state index contributed by atoms with van der Waals surface area (Å²) < 4.78 is 20.9. The third-order valence-electron chi connectivity index (χ3n) is 5.21. The van der Waals surface area contributed by atoms with Gasteiger partial charge in [0.15, 0.2) is 18.0 Å². The number of benzene rings is 1. The molecule has 0 aromatic heterocycles. The summed E-state index contributed by atoms with van der Waals surface area (Å²) in [6.07, 6.45) is 6.43. The minimum absolute atomic E-state index is 0.160. The minimum atomic E-state index is -1.45. The van der Waals surface area contributed by atoms with Gasteiger partial charge in [-0.25, -0.2) is 0 Å². The maximum absolute atomic E-state index is 12.4. The van der Waals surface area contributed by atoms with Crippen LogP contribution in [0.2, 0.25) is 0 Å². The molecule has 0 amide bonds. The smallest absolute Gasteiger partial charge is 0.303 e. The monoisotopic (exact) mass is 500 g/mol.